The first kappa shape index (κ1) is 14.5. The van der Waals surface area contributed by atoms with Gasteiger partial charge in [-0.3, -0.25) is 0 Å². The van der Waals surface area contributed by atoms with Crippen molar-refractivity contribution in [3.05, 3.63) is 23.5 Å². The fourth-order valence-electron chi connectivity index (χ4n) is 1.67. The third kappa shape index (κ3) is 4.06. The number of nitrogens with zero attached hydrogens (tertiary/aromatic N) is 5. The van der Waals surface area contributed by atoms with Gasteiger partial charge >= 0.3 is 0 Å². The number of halogens is 1. The van der Waals surface area contributed by atoms with E-state index in [9.17, 15) is 0 Å². The van der Waals surface area contributed by atoms with Gasteiger partial charge in [0.2, 0.25) is 17.2 Å². The maximum absolute atomic E-state index is 5.87. The molecule has 2 aromatic heterocycles. The second-order valence-electron chi connectivity index (χ2n) is 4.31. The van der Waals surface area contributed by atoms with E-state index in [1.165, 1.54) is 0 Å². The summed E-state index contributed by atoms with van der Waals surface area (Å²) >= 11 is 5.87. The molecular formula is C12H18ClN7. The summed E-state index contributed by atoms with van der Waals surface area (Å²) in [6.07, 6.45) is 5.47. The van der Waals surface area contributed by atoms with Crippen LogP contribution in [0, 0.1) is 0 Å². The van der Waals surface area contributed by atoms with E-state index in [0.29, 0.717) is 18.4 Å². The lowest BCUT2D eigenvalue weighted by molar-refractivity contribution is 0.786. The lowest BCUT2D eigenvalue weighted by atomic mass is 10.4. The van der Waals surface area contributed by atoms with Crippen molar-refractivity contribution in [1.82, 2.24) is 24.5 Å². The second-order valence-corrected chi connectivity index (χ2v) is 4.65. The molecule has 2 aromatic rings. The number of aromatic nitrogens is 5. The van der Waals surface area contributed by atoms with E-state index >= 15 is 0 Å². The minimum absolute atomic E-state index is 0.179. The number of aryl methyl sites for hydroxylation is 1. The molecule has 8 heteroatoms. The summed E-state index contributed by atoms with van der Waals surface area (Å²) in [6.45, 7) is 3.55. The van der Waals surface area contributed by atoms with E-state index in [2.05, 4.69) is 37.5 Å². The molecule has 0 fully saturated rings. The van der Waals surface area contributed by atoms with E-state index in [1.54, 1.807) is 6.20 Å². The van der Waals surface area contributed by atoms with Crippen molar-refractivity contribution < 1.29 is 0 Å². The molecule has 0 aliphatic heterocycles. The maximum atomic E-state index is 5.87. The van der Waals surface area contributed by atoms with E-state index < -0.39 is 0 Å². The van der Waals surface area contributed by atoms with Crippen LogP contribution in [0.1, 0.15) is 19.2 Å². The third-order valence-corrected chi connectivity index (χ3v) is 2.86. The fraction of sp³-hybridized carbons (Fsp3) is 0.500. The molecule has 0 aliphatic rings. The molecule has 2 rings (SSSR count). The Morgan fingerprint density at radius 3 is 2.45 bits per heavy atom. The van der Waals surface area contributed by atoms with Gasteiger partial charge in [-0.1, -0.05) is 6.92 Å². The molecule has 0 aromatic carbocycles. The van der Waals surface area contributed by atoms with Crippen molar-refractivity contribution in [2.24, 2.45) is 7.05 Å². The van der Waals surface area contributed by atoms with Crippen LogP contribution in [-0.2, 0) is 13.5 Å². The molecule has 0 bridgehead atoms. The summed E-state index contributed by atoms with van der Waals surface area (Å²) in [5.74, 6) is 1.96. The SMILES string of the molecule is CCCNc1nc(Cl)nc(NCCc2nccn2C)n1. The molecule has 0 unspecified atom stereocenters. The number of rotatable bonds is 7. The van der Waals surface area contributed by atoms with Gasteiger partial charge in [-0.25, -0.2) is 4.98 Å². The van der Waals surface area contributed by atoms with Crippen molar-refractivity contribution >= 4 is 23.5 Å². The van der Waals surface area contributed by atoms with Crippen LogP contribution in [0.25, 0.3) is 0 Å². The molecule has 0 aliphatic carbocycles. The van der Waals surface area contributed by atoms with Gasteiger partial charge < -0.3 is 15.2 Å². The number of hydrogen-bond acceptors (Lipinski definition) is 6. The summed E-state index contributed by atoms with van der Waals surface area (Å²) in [6, 6.07) is 0. The zero-order valence-corrected chi connectivity index (χ0v) is 12.4. The van der Waals surface area contributed by atoms with E-state index in [-0.39, 0.29) is 5.28 Å². The molecule has 0 saturated carbocycles. The van der Waals surface area contributed by atoms with Gasteiger partial charge in [0.1, 0.15) is 5.82 Å². The van der Waals surface area contributed by atoms with Crippen LogP contribution in [0.2, 0.25) is 5.28 Å². The molecular weight excluding hydrogens is 278 g/mol. The molecule has 0 spiro atoms. The Morgan fingerprint density at radius 1 is 1.15 bits per heavy atom. The van der Waals surface area contributed by atoms with E-state index in [1.807, 2.05) is 17.8 Å². The van der Waals surface area contributed by atoms with Gasteiger partial charge in [-0.05, 0) is 18.0 Å². The Labute approximate surface area is 122 Å². The number of nitrogens with one attached hydrogen (secondary N) is 2. The maximum Gasteiger partial charge on any atom is 0.228 e. The minimum Gasteiger partial charge on any atom is -0.354 e. The van der Waals surface area contributed by atoms with Crippen molar-refractivity contribution in [1.29, 1.82) is 0 Å². The molecule has 7 nitrogen and oxygen atoms in total. The van der Waals surface area contributed by atoms with Crippen LogP contribution in [0.5, 0.6) is 0 Å². The predicted octanol–water partition coefficient (Wildman–Crippen LogP) is 1.73. The predicted molar refractivity (Wildman–Crippen MR) is 79.0 cm³/mol. The van der Waals surface area contributed by atoms with Gasteiger partial charge in [-0.2, -0.15) is 15.0 Å². The summed E-state index contributed by atoms with van der Waals surface area (Å²) in [5, 5.41) is 6.39. The van der Waals surface area contributed by atoms with Gasteiger partial charge in [0, 0.05) is 39.0 Å². The summed E-state index contributed by atoms with van der Waals surface area (Å²) in [4.78, 5) is 16.6. The summed E-state index contributed by atoms with van der Waals surface area (Å²) in [7, 11) is 1.97. The summed E-state index contributed by atoms with van der Waals surface area (Å²) < 4.78 is 1.98. The zero-order valence-electron chi connectivity index (χ0n) is 11.6. The fourth-order valence-corrected chi connectivity index (χ4v) is 1.83. The van der Waals surface area contributed by atoms with Crippen LogP contribution in [0.15, 0.2) is 12.4 Å². The van der Waals surface area contributed by atoms with Gasteiger partial charge in [-0.15, -0.1) is 0 Å². The van der Waals surface area contributed by atoms with Gasteiger partial charge in [0.15, 0.2) is 0 Å². The summed E-state index contributed by atoms with van der Waals surface area (Å²) in [5.41, 5.74) is 0. The van der Waals surface area contributed by atoms with Crippen molar-refractivity contribution in [2.75, 3.05) is 23.7 Å². The normalized spacial score (nSPS) is 10.6. The van der Waals surface area contributed by atoms with Crippen LogP contribution in [0.3, 0.4) is 0 Å². The molecule has 0 amide bonds. The quantitative estimate of drug-likeness (QED) is 0.810. The number of anilines is 2. The van der Waals surface area contributed by atoms with E-state index in [0.717, 1.165) is 25.2 Å². The zero-order chi connectivity index (χ0) is 14.4. The average Bonchev–Trinajstić information content (AvgIpc) is 2.82. The van der Waals surface area contributed by atoms with Crippen molar-refractivity contribution in [3.8, 4) is 0 Å². The van der Waals surface area contributed by atoms with Crippen LogP contribution >= 0.6 is 11.6 Å². The van der Waals surface area contributed by atoms with Crippen LogP contribution < -0.4 is 10.6 Å². The molecule has 0 saturated heterocycles. The topological polar surface area (TPSA) is 80.5 Å². The highest BCUT2D eigenvalue weighted by Gasteiger charge is 2.05. The second kappa shape index (κ2) is 7.04. The smallest absolute Gasteiger partial charge is 0.228 e. The number of imidazole rings is 1. The Morgan fingerprint density at radius 2 is 1.85 bits per heavy atom. The molecule has 2 heterocycles. The average molecular weight is 296 g/mol. The Hall–Kier alpha value is -1.89. The largest absolute Gasteiger partial charge is 0.354 e. The molecule has 0 radical (unpaired) electrons. The van der Waals surface area contributed by atoms with E-state index in [4.69, 9.17) is 11.6 Å². The third-order valence-electron chi connectivity index (χ3n) is 2.69. The highest BCUT2D eigenvalue weighted by molar-refractivity contribution is 6.28. The monoisotopic (exact) mass is 295 g/mol. The number of hydrogen-bond donors (Lipinski definition) is 2. The molecule has 2 N–H and O–H groups in total. The highest BCUT2D eigenvalue weighted by atomic mass is 35.5. The van der Waals surface area contributed by atoms with Crippen molar-refractivity contribution in [2.45, 2.75) is 19.8 Å². The lowest BCUT2D eigenvalue weighted by Crippen LogP contribution is -2.13. The Balaban J connectivity index is 1.91. The van der Waals surface area contributed by atoms with Gasteiger partial charge in [0.05, 0.1) is 0 Å². The molecule has 108 valence electrons. The first-order valence-electron chi connectivity index (χ1n) is 6.54. The highest BCUT2D eigenvalue weighted by Crippen LogP contribution is 2.09. The molecule has 20 heavy (non-hydrogen) atoms. The van der Waals surface area contributed by atoms with Crippen LogP contribution in [0.4, 0.5) is 11.9 Å². The minimum atomic E-state index is 0.179. The Bertz CT molecular complexity index is 554. The van der Waals surface area contributed by atoms with Gasteiger partial charge in [0.25, 0.3) is 0 Å². The Kier molecular flexibility index (Phi) is 5.11. The van der Waals surface area contributed by atoms with Crippen LogP contribution in [-0.4, -0.2) is 37.6 Å². The standard InChI is InChI=1S/C12H18ClN7/c1-3-5-15-11-17-10(13)18-12(19-11)16-6-4-9-14-7-8-20(9)2/h7-8H,3-6H2,1-2H3,(H2,15,16,17,18,19). The first-order valence-corrected chi connectivity index (χ1v) is 6.92. The lowest BCUT2D eigenvalue weighted by Gasteiger charge is -2.07. The molecule has 0 atom stereocenters. The van der Waals surface area contributed by atoms with Crippen molar-refractivity contribution in [3.63, 3.8) is 0 Å². The first-order chi connectivity index (χ1) is 9.69.